The van der Waals surface area contributed by atoms with E-state index in [1.807, 2.05) is 84.9 Å². The van der Waals surface area contributed by atoms with E-state index in [9.17, 15) is 14.4 Å². The Morgan fingerprint density at radius 2 is 1.36 bits per heavy atom. The van der Waals surface area contributed by atoms with Gasteiger partial charge in [-0.05, 0) is 53.1 Å². The van der Waals surface area contributed by atoms with Crippen LogP contribution in [0.1, 0.15) is 46.1 Å². The number of methoxy groups -OCH3 is 3. The fraction of sp³-hybridized carbons (Fsp3) is 0.256. The van der Waals surface area contributed by atoms with Gasteiger partial charge in [-0.25, -0.2) is 15.0 Å². The Morgan fingerprint density at radius 3 is 1.95 bits per heavy atom. The molecule has 0 spiro atoms. The van der Waals surface area contributed by atoms with Gasteiger partial charge in [-0.1, -0.05) is 72.8 Å². The second-order valence-corrected chi connectivity index (χ2v) is 13.4. The normalized spacial score (nSPS) is 17.8. The number of nitrogens with one attached hydrogen (secondary N) is 1. The first kappa shape index (κ1) is 39.6. The topological polar surface area (TPSA) is 188 Å². The molecule has 7 rings (SSSR count). The van der Waals surface area contributed by atoms with Crippen LogP contribution in [0.15, 0.2) is 122 Å². The average Bonchev–Trinajstić information content (AvgIpc) is 3.85. The third kappa shape index (κ3) is 8.09. The van der Waals surface area contributed by atoms with Crippen molar-refractivity contribution in [2.45, 2.75) is 43.0 Å². The van der Waals surface area contributed by atoms with Gasteiger partial charge in [0.1, 0.15) is 35.6 Å². The highest BCUT2D eigenvalue weighted by atomic mass is 16.6. The Kier molecular flexibility index (Phi) is 12.0. The number of esters is 1. The molecule has 2 amide bonds. The van der Waals surface area contributed by atoms with E-state index in [1.165, 1.54) is 19.8 Å². The monoisotopic (exact) mass is 786 g/mol. The summed E-state index contributed by atoms with van der Waals surface area (Å²) in [5.74, 6) is -0.196. The first-order valence-electron chi connectivity index (χ1n) is 18.4. The summed E-state index contributed by atoms with van der Waals surface area (Å²) in [6.45, 7) is -0.128. The van der Waals surface area contributed by atoms with E-state index in [2.05, 4.69) is 20.3 Å². The lowest BCUT2D eigenvalue weighted by atomic mass is 9.80. The Hall–Kier alpha value is -6.68. The number of benzene rings is 4. The molecule has 3 N–H and O–H groups in total. The van der Waals surface area contributed by atoms with E-state index in [4.69, 9.17) is 34.2 Å². The van der Waals surface area contributed by atoms with Crippen molar-refractivity contribution in [3.05, 3.63) is 144 Å². The van der Waals surface area contributed by atoms with Gasteiger partial charge >= 0.3 is 5.97 Å². The molecule has 1 aliphatic heterocycles. The van der Waals surface area contributed by atoms with E-state index in [0.29, 0.717) is 28.2 Å². The molecular weight excluding hydrogens is 745 g/mol. The summed E-state index contributed by atoms with van der Waals surface area (Å²) in [6, 6.07) is 33.6. The summed E-state index contributed by atoms with van der Waals surface area (Å²) in [4.78, 5) is 51.3. The molecule has 15 nitrogen and oxygen atoms in total. The van der Waals surface area contributed by atoms with Crippen LogP contribution in [0.3, 0.4) is 0 Å². The number of hydrogen-bond donors (Lipinski definition) is 2. The van der Waals surface area contributed by atoms with Crippen molar-refractivity contribution >= 4 is 34.8 Å². The lowest BCUT2D eigenvalue weighted by Crippen LogP contribution is -2.42. The van der Waals surface area contributed by atoms with Crippen LogP contribution < -0.4 is 20.5 Å². The highest BCUT2D eigenvalue weighted by Crippen LogP contribution is 2.44. The number of nitrogens with zero attached hydrogens (tertiary/aromatic N) is 4. The molecule has 1 fully saturated rings. The zero-order valence-electron chi connectivity index (χ0n) is 32.0. The van der Waals surface area contributed by atoms with Crippen LogP contribution in [-0.2, 0) is 34.1 Å². The third-order valence-electron chi connectivity index (χ3n) is 9.94. The van der Waals surface area contributed by atoms with Crippen LogP contribution in [0, 0.1) is 0 Å². The van der Waals surface area contributed by atoms with Crippen LogP contribution in [0.4, 0.5) is 5.82 Å². The highest BCUT2D eigenvalue weighted by Gasteiger charge is 2.50. The highest BCUT2D eigenvalue weighted by molar-refractivity contribution is 6.06. The molecule has 58 heavy (non-hydrogen) atoms. The fourth-order valence-corrected chi connectivity index (χ4v) is 7.08. The van der Waals surface area contributed by atoms with Crippen molar-refractivity contribution in [2.75, 3.05) is 33.3 Å². The fourth-order valence-electron chi connectivity index (χ4n) is 7.08. The third-order valence-corrected chi connectivity index (χ3v) is 9.94. The average molecular weight is 787 g/mol. The van der Waals surface area contributed by atoms with Gasteiger partial charge in [0.2, 0.25) is 5.91 Å². The van der Waals surface area contributed by atoms with Crippen molar-refractivity contribution < 1.29 is 42.8 Å². The molecule has 2 aromatic heterocycles. The van der Waals surface area contributed by atoms with Crippen molar-refractivity contribution in [3.8, 4) is 11.5 Å². The van der Waals surface area contributed by atoms with Crippen molar-refractivity contribution in [2.24, 2.45) is 5.73 Å². The van der Waals surface area contributed by atoms with E-state index >= 15 is 0 Å². The number of primary amides is 1. The van der Waals surface area contributed by atoms with Gasteiger partial charge in [-0.3, -0.25) is 19.0 Å². The lowest BCUT2D eigenvalue weighted by molar-refractivity contribution is -0.160. The number of fused-ring (bicyclic) bond motifs is 1. The first-order chi connectivity index (χ1) is 28.2. The predicted octanol–water partition coefficient (Wildman–Crippen LogP) is 5.19. The summed E-state index contributed by atoms with van der Waals surface area (Å²) in [5, 5.41) is 2.81. The second-order valence-electron chi connectivity index (χ2n) is 13.4. The van der Waals surface area contributed by atoms with E-state index < -0.39 is 42.0 Å². The number of carbonyl (C=O) groups is 3. The van der Waals surface area contributed by atoms with Gasteiger partial charge in [0.05, 0.1) is 33.6 Å². The summed E-state index contributed by atoms with van der Waals surface area (Å²) in [7, 11) is 4.67. The van der Waals surface area contributed by atoms with E-state index in [0.717, 1.165) is 16.7 Å². The smallest absolute Gasteiger partial charge is 0.306 e. The number of hydrogen-bond acceptors (Lipinski definition) is 12. The maximum Gasteiger partial charge on any atom is 0.306 e. The molecule has 1 unspecified atom stereocenters. The summed E-state index contributed by atoms with van der Waals surface area (Å²) in [5.41, 5.74) is 7.54. The summed E-state index contributed by atoms with van der Waals surface area (Å²) in [6.07, 6.45) is -1.54. The van der Waals surface area contributed by atoms with Crippen LogP contribution >= 0.6 is 0 Å². The number of ether oxygens (including phenoxy) is 6. The summed E-state index contributed by atoms with van der Waals surface area (Å²) >= 11 is 0. The molecule has 0 radical (unpaired) electrons. The minimum atomic E-state index is -1.23. The largest absolute Gasteiger partial charge is 0.497 e. The second kappa shape index (κ2) is 17.6. The van der Waals surface area contributed by atoms with Gasteiger partial charge in [-0.15, -0.1) is 0 Å². The van der Waals surface area contributed by atoms with Crippen LogP contribution in [0.5, 0.6) is 11.5 Å². The number of anilines is 1. The predicted molar refractivity (Wildman–Crippen MR) is 211 cm³/mol. The molecule has 3 heterocycles. The number of amides is 2. The van der Waals surface area contributed by atoms with E-state index in [-0.39, 0.29) is 31.2 Å². The molecular formula is C43H42N6O9. The zero-order chi connectivity index (χ0) is 40.6. The lowest BCUT2D eigenvalue weighted by Gasteiger charge is -2.37. The van der Waals surface area contributed by atoms with Gasteiger partial charge in [-0.2, -0.15) is 0 Å². The Bertz CT molecular complexity index is 2290. The molecule has 6 aromatic rings. The number of carbonyl (C=O) groups excluding carboxylic acids is 3. The van der Waals surface area contributed by atoms with Gasteiger partial charge < -0.3 is 39.5 Å². The van der Waals surface area contributed by atoms with Crippen LogP contribution in [0.2, 0.25) is 0 Å². The molecule has 298 valence electrons. The van der Waals surface area contributed by atoms with Gasteiger partial charge in [0.25, 0.3) is 5.91 Å². The summed E-state index contributed by atoms with van der Waals surface area (Å²) < 4.78 is 38.6. The molecule has 0 bridgehead atoms. The van der Waals surface area contributed by atoms with E-state index in [1.54, 1.807) is 43.1 Å². The quantitative estimate of drug-likeness (QED) is 0.0967. The maximum absolute atomic E-state index is 13.3. The van der Waals surface area contributed by atoms with Crippen molar-refractivity contribution in [1.82, 2.24) is 19.5 Å². The van der Waals surface area contributed by atoms with Crippen molar-refractivity contribution in [3.63, 3.8) is 0 Å². The zero-order valence-corrected chi connectivity index (χ0v) is 32.0. The minimum Gasteiger partial charge on any atom is -0.497 e. The molecule has 1 aliphatic rings. The van der Waals surface area contributed by atoms with Crippen LogP contribution in [-0.4, -0.2) is 83.6 Å². The number of nitrogens with two attached hydrogens (primary N) is 1. The minimum absolute atomic E-state index is 0.128. The number of rotatable bonds is 16. The van der Waals surface area contributed by atoms with Crippen LogP contribution in [0.25, 0.3) is 11.2 Å². The molecule has 4 aromatic carbocycles. The molecule has 0 saturated carbocycles. The standard InChI is InChI=1S/C43H42N6O9/c1-53-31-18-14-29(15-19-31)43(28-12-8-5-9-13-28,30-16-20-32(54-2)21-17-30)56-24-33-37(58-35(51)23-22-34(44)50)38(55-3)42(57-33)49-26-47-36-39(45-25-46-40(36)49)48-41(52)27-10-6-4-7-11-27/h4-21,25-26,33,37-38,42H,22-24H2,1-3H3,(H2,44,50)(H,45,46,48,52)/t33-,37-,38?,42-/m1/s1. The van der Waals surface area contributed by atoms with Gasteiger partial charge in [0, 0.05) is 19.1 Å². The Labute approximate surface area is 334 Å². The number of imidazole rings is 1. The first-order valence-corrected chi connectivity index (χ1v) is 18.4. The number of aromatic nitrogens is 4. The molecule has 1 saturated heterocycles. The van der Waals surface area contributed by atoms with Gasteiger partial charge in [0.15, 0.2) is 29.3 Å². The maximum atomic E-state index is 13.3. The molecule has 15 heteroatoms. The SMILES string of the molecule is COc1ccc(C(OC[C@H]2O[C@@H](n3cnc4c(NC(=O)c5ccccc5)ncnc43)C(OC)[C@@H]2OC(=O)CCC(N)=O)(c2ccccc2)c2ccc(OC)cc2)cc1. The molecule has 0 aliphatic carbocycles. The molecule has 4 atom stereocenters. The van der Waals surface area contributed by atoms with Crippen molar-refractivity contribution in [1.29, 1.82) is 0 Å². The Morgan fingerprint density at radius 1 is 0.759 bits per heavy atom. The Balaban J connectivity index is 1.28.